The Morgan fingerprint density at radius 3 is 2.17 bits per heavy atom. The van der Waals surface area contributed by atoms with Crippen molar-refractivity contribution in [3.8, 4) is 27.3 Å². The maximum absolute atomic E-state index is 14.7. The molecule has 3 aromatic heterocycles. The summed E-state index contributed by atoms with van der Waals surface area (Å²) in [6.07, 6.45) is 0.351. The lowest BCUT2D eigenvalue weighted by molar-refractivity contribution is -0.145. The molecular formula is C60H80F4N10O9S. The number of carbonyl (C=O) groups excluding carboxylic acids is 3. The number of halogens is 4. The number of β-amino-alcohol motifs (C(OH)–C–C–N with tert-alkyl or cyclic N) is 1. The number of aliphatic hydroxyl groups is 2. The van der Waals surface area contributed by atoms with Crippen LogP contribution in [0.4, 0.5) is 23.5 Å². The van der Waals surface area contributed by atoms with Gasteiger partial charge in [0.2, 0.25) is 17.8 Å². The Hall–Kier alpha value is -5.86. The molecule has 3 amide bonds. The third-order valence-electron chi connectivity index (χ3n) is 16.1. The molecule has 0 spiro atoms. The quantitative estimate of drug-likeness (QED) is 0.0259. The molecule has 0 radical (unpaired) electrons. The van der Waals surface area contributed by atoms with E-state index in [1.54, 1.807) is 32.5 Å². The highest BCUT2D eigenvalue weighted by Crippen LogP contribution is 2.41. The number of carbonyl (C=O) groups is 3. The summed E-state index contributed by atoms with van der Waals surface area (Å²) in [5.41, 5.74) is 5.29. The summed E-state index contributed by atoms with van der Waals surface area (Å²) < 4.78 is 79.1. The van der Waals surface area contributed by atoms with Crippen molar-refractivity contribution in [1.29, 1.82) is 0 Å². The lowest BCUT2D eigenvalue weighted by Gasteiger charge is -2.35. The monoisotopic (exact) mass is 1190 g/mol. The Balaban J connectivity index is 0.659. The maximum Gasteiger partial charge on any atom is 0.390 e. The number of aryl methyl sites for hydroxylation is 1. The van der Waals surface area contributed by atoms with E-state index in [0.29, 0.717) is 62.8 Å². The molecule has 84 heavy (non-hydrogen) atoms. The van der Waals surface area contributed by atoms with Gasteiger partial charge in [-0.15, -0.1) is 11.3 Å². The van der Waals surface area contributed by atoms with Gasteiger partial charge in [0, 0.05) is 100 Å². The standard InChI is InChI=1S/C60H80F4N10O9S/c1-39-51(84-38-68-39)42-9-10-43(33-66-54(77)49-32-46(76)36-74(49)55(78)52(58(2,3)4)69-56(79)59(61)15-16-59)50(31-42)83-30-29-82-28-27-81-26-25-80-24-23-71-19-21-72(22-20-71)35-40-5-7-41(8-6-40)48-37-73(44-11-13-45(75)14-12-44)53-47(48)34-67-57(70-53)65-18-17-60(62,63)64/h5-10,31,34,37-38,44-46,49,52,75-76H,11-30,32-33,35-36H2,1-4H3,(H,66,77)(H,69,79)(H,65,67,70)/t44-,45-,46-,49+,52-/m1/s1. The highest BCUT2D eigenvalue weighted by molar-refractivity contribution is 7.13. The summed E-state index contributed by atoms with van der Waals surface area (Å²) in [4.78, 5) is 61.0. The summed E-state index contributed by atoms with van der Waals surface area (Å²) in [5.74, 6) is -1.18. The fourth-order valence-corrected chi connectivity index (χ4v) is 11.8. The molecule has 2 aliphatic carbocycles. The van der Waals surface area contributed by atoms with Gasteiger partial charge < -0.3 is 54.6 Å². The second kappa shape index (κ2) is 28.1. The molecule has 458 valence electrons. The largest absolute Gasteiger partial charge is 0.491 e. The fourth-order valence-electron chi connectivity index (χ4n) is 11.0. The van der Waals surface area contributed by atoms with Gasteiger partial charge in [0.25, 0.3) is 5.91 Å². The molecule has 4 aliphatic rings. The number of aromatic nitrogens is 4. The van der Waals surface area contributed by atoms with Gasteiger partial charge in [0.1, 0.15) is 30.1 Å². The zero-order chi connectivity index (χ0) is 59.6. The summed E-state index contributed by atoms with van der Waals surface area (Å²) in [6.45, 7) is 14.9. The number of piperazine rings is 1. The number of thiazole rings is 1. The molecule has 5 aromatic rings. The first-order chi connectivity index (χ1) is 40.2. The van der Waals surface area contributed by atoms with E-state index in [9.17, 15) is 42.2 Å². The van der Waals surface area contributed by atoms with Crippen LogP contribution in [0.25, 0.3) is 32.6 Å². The van der Waals surface area contributed by atoms with E-state index in [0.717, 1.165) is 84.8 Å². The van der Waals surface area contributed by atoms with Crippen LogP contribution in [0.1, 0.15) is 95.0 Å². The first kappa shape index (κ1) is 62.7. The van der Waals surface area contributed by atoms with Gasteiger partial charge in [-0.25, -0.2) is 14.4 Å². The minimum absolute atomic E-state index is 0.0100. The number of likely N-dealkylation sites (tertiary alicyclic amines) is 1. The van der Waals surface area contributed by atoms with E-state index in [4.69, 9.17) is 18.9 Å². The number of amides is 3. The van der Waals surface area contributed by atoms with Crippen molar-refractivity contribution in [3.63, 3.8) is 0 Å². The first-order valence-corrected chi connectivity index (χ1v) is 30.1. The molecule has 9 rings (SSSR count). The Morgan fingerprint density at radius 2 is 1.51 bits per heavy atom. The maximum atomic E-state index is 14.7. The van der Waals surface area contributed by atoms with E-state index in [-0.39, 0.29) is 70.2 Å². The third kappa shape index (κ3) is 16.8. The number of anilines is 1. The van der Waals surface area contributed by atoms with Gasteiger partial charge in [0.15, 0.2) is 5.67 Å². The van der Waals surface area contributed by atoms with Gasteiger partial charge in [-0.05, 0) is 73.6 Å². The average molecular weight is 1190 g/mol. The molecule has 2 saturated carbocycles. The predicted molar refractivity (Wildman–Crippen MR) is 310 cm³/mol. The topological polar surface area (TPSA) is 218 Å². The Kier molecular flexibility index (Phi) is 21.0. The van der Waals surface area contributed by atoms with Crippen LogP contribution < -0.4 is 20.7 Å². The average Bonchev–Trinajstić information content (AvgIpc) is 2.88. The van der Waals surface area contributed by atoms with Crippen molar-refractivity contribution >= 4 is 46.0 Å². The molecule has 0 bridgehead atoms. The van der Waals surface area contributed by atoms with Crippen LogP contribution in [0.5, 0.6) is 5.75 Å². The van der Waals surface area contributed by atoms with E-state index < -0.39 is 59.6 Å². The summed E-state index contributed by atoms with van der Waals surface area (Å²) >= 11 is 1.51. The number of fused-ring (bicyclic) bond motifs is 1. The second-order valence-electron chi connectivity index (χ2n) is 23.6. The fraction of sp³-hybridized carbons (Fsp3) is 0.600. The van der Waals surface area contributed by atoms with Crippen LogP contribution in [-0.2, 0) is 41.7 Å². The number of nitrogens with zero attached hydrogens (tertiary/aromatic N) is 7. The van der Waals surface area contributed by atoms with Crippen LogP contribution >= 0.6 is 11.3 Å². The highest BCUT2D eigenvalue weighted by atomic mass is 32.1. The first-order valence-electron chi connectivity index (χ1n) is 29.3. The highest BCUT2D eigenvalue weighted by Gasteiger charge is 2.53. The molecule has 24 heteroatoms. The van der Waals surface area contributed by atoms with Gasteiger partial charge in [-0.1, -0.05) is 57.2 Å². The molecule has 2 aliphatic heterocycles. The van der Waals surface area contributed by atoms with Crippen molar-refractivity contribution in [3.05, 3.63) is 77.2 Å². The second-order valence-corrected chi connectivity index (χ2v) is 24.4. The normalized spacial score (nSPS) is 20.7. The van der Waals surface area contributed by atoms with Crippen LogP contribution in [-0.4, -0.2) is 190 Å². The van der Waals surface area contributed by atoms with E-state index in [2.05, 4.69) is 75.7 Å². The Bertz CT molecular complexity index is 2990. The molecule has 2 saturated heterocycles. The molecule has 3 atom stereocenters. The molecule has 5 heterocycles. The molecule has 4 fully saturated rings. The van der Waals surface area contributed by atoms with Gasteiger partial charge in [-0.3, -0.25) is 24.2 Å². The minimum Gasteiger partial charge on any atom is -0.491 e. The number of rotatable bonds is 27. The number of aliphatic hydroxyl groups excluding tert-OH is 2. The summed E-state index contributed by atoms with van der Waals surface area (Å²) in [5, 5.41) is 29.9. The molecule has 2 aromatic carbocycles. The molecule has 5 N–H and O–H groups in total. The lowest BCUT2D eigenvalue weighted by Crippen LogP contribution is -2.59. The van der Waals surface area contributed by atoms with Crippen molar-refractivity contribution < 1.29 is 61.1 Å². The predicted octanol–water partition coefficient (Wildman–Crippen LogP) is 7.23. The van der Waals surface area contributed by atoms with Gasteiger partial charge in [-0.2, -0.15) is 18.2 Å². The van der Waals surface area contributed by atoms with Gasteiger partial charge in [0.05, 0.1) is 74.4 Å². The molecule has 0 unspecified atom stereocenters. The zero-order valence-electron chi connectivity index (χ0n) is 48.4. The van der Waals surface area contributed by atoms with Crippen LogP contribution in [0.15, 0.2) is 60.4 Å². The Morgan fingerprint density at radius 1 is 0.845 bits per heavy atom. The third-order valence-corrected chi connectivity index (χ3v) is 17.1. The van der Waals surface area contributed by atoms with Crippen LogP contribution in [0.3, 0.4) is 0 Å². The van der Waals surface area contributed by atoms with E-state index in [1.165, 1.54) is 21.8 Å². The SMILES string of the molecule is Cc1ncsc1-c1ccc(CNC(=O)[C@@H]2C[C@@H](O)CN2C(=O)[C@@H](NC(=O)C2(F)CC2)C(C)(C)C)c(OCCOCCOCCOCCN2CCN(Cc3ccc(-c4cn([C@H]5CC[C@H](O)CC5)c5nc(NCCC(F)(F)F)ncc45)cc3)CC2)c1. The van der Waals surface area contributed by atoms with Crippen molar-refractivity contribution in [2.45, 2.75) is 134 Å². The summed E-state index contributed by atoms with van der Waals surface area (Å²) in [7, 11) is 0. The van der Waals surface area contributed by atoms with E-state index in [1.807, 2.05) is 25.1 Å². The van der Waals surface area contributed by atoms with E-state index >= 15 is 0 Å². The Labute approximate surface area is 491 Å². The van der Waals surface area contributed by atoms with Crippen molar-refractivity contribution in [1.82, 2.24) is 44.9 Å². The zero-order valence-corrected chi connectivity index (χ0v) is 49.3. The number of nitrogens with one attached hydrogen (secondary N) is 3. The summed E-state index contributed by atoms with van der Waals surface area (Å²) in [6, 6.07) is 12.2. The molecular weight excluding hydrogens is 1110 g/mol. The minimum atomic E-state index is -4.28. The number of alkyl halides is 4. The van der Waals surface area contributed by atoms with Crippen LogP contribution in [0, 0.1) is 12.3 Å². The number of hydrogen-bond acceptors (Lipinski definition) is 16. The number of ether oxygens (including phenoxy) is 4. The smallest absolute Gasteiger partial charge is 0.390 e. The van der Waals surface area contributed by atoms with Gasteiger partial charge >= 0.3 is 6.18 Å². The van der Waals surface area contributed by atoms with Crippen molar-refractivity contribution in [2.24, 2.45) is 5.41 Å². The number of benzene rings is 2. The number of hydrogen-bond donors (Lipinski definition) is 5. The van der Waals surface area contributed by atoms with Crippen molar-refractivity contribution in [2.75, 3.05) is 97.4 Å². The molecule has 19 nitrogen and oxygen atoms in total. The van der Waals surface area contributed by atoms with Crippen LogP contribution in [0.2, 0.25) is 0 Å². The lowest BCUT2D eigenvalue weighted by atomic mass is 9.85.